The monoisotopic (exact) mass is 261 g/mol. The molecule has 0 bridgehead atoms. The molecule has 1 N–H and O–H groups in total. The summed E-state index contributed by atoms with van der Waals surface area (Å²) >= 11 is 1.04. The van der Waals surface area contributed by atoms with E-state index in [1.807, 2.05) is 0 Å². The van der Waals surface area contributed by atoms with Gasteiger partial charge in [-0.15, -0.1) is 11.3 Å². The van der Waals surface area contributed by atoms with Gasteiger partial charge in [-0.25, -0.2) is 4.68 Å². The molecule has 17 heavy (non-hydrogen) atoms. The lowest BCUT2D eigenvalue weighted by atomic mass is 10.4. The summed E-state index contributed by atoms with van der Waals surface area (Å²) in [6, 6.07) is 4.57. The molecule has 0 aliphatic heterocycles. The van der Waals surface area contributed by atoms with E-state index in [0.29, 0.717) is 16.9 Å². The number of nitrogens with zero attached hydrogens (tertiary/aromatic N) is 2. The molecule has 2 aromatic rings. The highest BCUT2D eigenvalue weighted by Gasteiger charge is 2.10. The van der Waals surface area contributed by atoms with Crippen LogP contribution >= 0.6 is 11.3 Å². The molecular formula is C10H10F3N3S. The summed E-state index contributed by atoms with van der Waals surface area (Å²) in [5.41, 5.74) is 0.400. The minimum absolute atomic E-state index is 0.251. The summed E-state index contributed by atoms with van der Waals surface area (Å²) in [6.07, 6.45) is 1.33. The molecule has 0 aliphatic carbocycles. The fraction of sp³-hybridized carbons (Fsp3) is 0.300. The van der Waals surface area contributed by atoms with Crippen molar-refractivity contribution in [3.63, 3.8) is 0 Å². The molecule has 2 rings (SSSR count). The summed E-state index contributed by atoms with van der Waals surface area (Å²) in [4.78, 5) is 0.825. The first-order valence-electron chi connectivity index (χ1n) is 4.92. The van der Waals surface area contributed by atoms with Crippen molar-refractivity contribution < 1.29 is 13.2 Å². The lowest BCUT2D eigenvalue weighted by Gasteiger charge is -2.06. The number of rotatable bonds is 5. The van der Waals surface area contributed by atoms with E-state index in [2.05, 4.69) is 10.4 Å². The highest BCUT2D eigenvalue weighted by atomic mass is 32.1. The smallest absolute Gasteiger partial charge is 0.306 e. The van der Waals surface area contributed by atoms with Crippen LogP contribution in [0.1, 0.15) is 17.1 Å². The first-order chi connectivity index (χ1) is 8.16. The van der Waals surface area contributed by atoms with Gasteiger partial charge in [0, 0.05) is 24.2 Å². The first-order valence-corrected chi connectivity index (χ1v) is 5.74. The second-order valence-electron chi connectivity index (χ2n) is 3.35. The van der Waals surface area contributed by atoms with E-state index in [0.717, 1.165) is 16.2 Å². The average molecular weight is 261 g/mol. The quantitative estimate of drug-likeness (QED) is 0.897. The maximum Gasteiger partial charge on any atom is 0.333 e. The van der Waals surface area contributed by atoms with Crippen LogP contribution in [0.25, 0.3) is 0 Å². The predicted molar refractivity (Wildman–Crippen MR) is 58.3 cm³/mol. The standard InChI is InChI=1S/C10H10F3N3S/c11-9-2-1-8(17-9)6-14-5-7-3-4-15-16(7)10(12)13/h1-4,10,14H,5-6H2. The lowest BCUT2D eigenvalue weighted by molar-refractivity contribution is 0.0531. The normalized spacial score (nSPS) is 11.3. The minimum atomic E-state index is -2.64. The van der Waals surface area contributed by atoms with Gasteiger partial charge in [0.15, 0.2) is 5.13 Å². The molecule has 0 saturated heterocycles. The second-order valence-corrected chi connectivity index (χ2v) is 4.47. The molecule has 0 aliphatic rings. The maximum absolute atomic E-state index is 12.7. The number of alkyl halides is 2. The van der Waals surface area contributed by atoms with Gasteiger partial charge in [-0.1, -0.05) is 0 Å². The SMILES string of the molecule is Fc1ccc(CNCc2ccnn2C(F)F)s1. The van der Waals surface area contributed by atoms with Crippen LogP contribution in [0.3, 0.4) is 0 Å². The zero-order valence-electron chi connectivity index (χ0n) is 8.74. The molecule has 0 atom stereocenters. The molecule has 0 spiro atoms. The van der Waals surface area contributed by atoms with Crippen LogP contribution in [-0.2, 0) is 13.1 Å². The van der Waals surface area contributed by atoms with Crippen molar-refractivity contribution in [2.75, 3.05) is 0 Å². The summed E-state index contributed by atoms with van der Waals surface area (Å²) in [7, 11) is 0. The molecule has 0 aromatic carbocycles. The molecule has 7 heteroatoms. The van der Waals surface area contributed by atoms with Crippen LogP contribution in [0.2, 0.25) is 0 Å². The van der Waals surface area contributed by atoms with Crippen molar-refractivity contribution >= 4 is 11.3 Å². The number of hydrogen-bond donors (Lipinski definition) is 1. The molecule has 0 amide bonds. The highest BCUT2D eigenvalue weighted by Crippen LogP contribution is 2.15. The first kappa shape index (κ1) is 12.1. The van der Waals surface area contributed by atoms with Gasteiger partial charge >= 0.3 is 6.55 Å². The Labute approximate surface area is 99.9 Å². The Bertz CT molecular complexity index is 481. The predicted octanol–water partition coefficient (Wildman–Crippen LogP) is 2.77. The zero-order chi connectivity index (χ0) is 12.3. The van der Waals surface area contributed by atoms with Gasteiger partial charge in [0.2, 0.25) is 0 Å². The fourth-order valence-corrected chi connectivity index (χ4v) is 2.11. The van der Waals surface area contributed by atoms with Gasteiger partial charge in [0.05, 0.1) is 5.69 Å². The number of hydrogen-bond acceptors (Lipinski definition) is 3. The summed E-state index contributed by atoms with van der Waals surface area (Å²) in [6.45, 7) is -1.92. The Balaban J connectivity index is 1.88. The van der Waals surface area contributed by atoms with E-state index in [-0.39, 0.29) is 11.7 Å². The van der Waals surface area contributed by atoms with Crippen LogP contribution < -0.4 is 5.32 Å². The molecule has 0 unspecified atom stereocenters. The van der Waals surface area contributed by atoms with Crippen LogP contribution in [0, 0.1) is 5.13 Å². The number of aromatic nitrogens is 2. The van der Waals surface area contributed by atoms with Crippen molar-refractivity contribution in [3.8, 4) is 0 Å². The van der Waals surface area contributed by atoms with Crippen molar-refractivity contribution in [1.29, 1.82) is 0 Å². The van der Waals surface area contributed by atoms with Crippen molar-refractivity contribution in [1.82, 2.24) is 15.1 Å². The third kappa shape index (κ3) is 3.07. The number of nitrogens with one attached hydrogen (secondary N) is 1. The summed E-state index contributed by atoms with van der Waals surface area (Å²) < 4.78 is 38.2. The Morgan fingerprint density at radius 3 is 2.76 bits per heavy atom. The molecule has 3 nitrogen and oxygen atoms in total. The van der Waals surface area contributed by atoms with Gasteiger partial charge in [-0.3, -0.25) is 0 Å². The van der Waals surface area contributed by atoms with E-state index in [1.54, 1.807) is 6.07 Å². The second kappa shape index (κ2) is 5.33. The third-order valence-corrected chi connectivity index (χ3v) is 3.05. The molecular weight excluding hydrogens is 251 g/mol. The topological polar surface area (TPSA) is 29.9 Å². The van der Waals surface area contributed by atoms with Crippen LogP contribution in [0.4, 0.5) is 13.2 Å². The molecule has 0 saturated carbocycles. The minimum Gasteiger partial charge on any atom is -0.306 e. The summed E-state index contributed by atoms with van der Waals surface area (Å²) in [5.74, 6) is 0. The van der Waals surface area contributed by atoms with Crippen LogP contribution in [-0.4, -0.2) is 9.78 Å². The molecule has 2 heterocycles. The van der Waals surface area contributed by atoms with Gasteiger partial charge in [-0.05, 0) is 18.2 Å². The number of halogens is 3. The lowest BCUT2D eigenvalue weighted by Crippen LogP contribution is -2.16. The van der Waals surface area contributed by atoms with E-state index in [4.69, 9.17) is 0 Å². The highest BCUT2D eigenvalue weighted by molar-refractivity contribution is 7.10. The summed E-state index contributed by atoms with van der Waals surface area (Å²) in [5, 5.41) is 6.23. The van der Waals surface area contributed by atoms with Crippen LogP contribution in [0.15, 0.2) is 24.4 Å². The van der Waals surface area contributed by atoms with Crippen LogP contribution in [0.5, 0.6) is 0 Å². The molecule has 92 valence electrons. The van der Waals surface area contributed by atoms with E-state index < -0.39 is 6.55 Å². The zero-order valence-corrected chi connectivity index (χ0v) is 9.55. The van der Waals surface area contributed by atoms with Gasteiger partial charge < -0.3 is 5.32 Å². The Kier molecular flexibility index (Phi) is 3.80. The molecule has 2 aromatic heterocycles. The van der Waals surface area contributed by atoms with E-state index in [9.17, 15) is 13.2 Å². The van der Waals surface area contributed by atoms with Crippen molar-refractivity contribution in [2.24, 2.45) is 0 Å². The van der Waals surface area contributed by atoms with Crippen molar-refractivity contribution in [2.45, 2.75) is 19.6 Å². The molecule has 0 fully saturated rings. The van der Waals surface area contributed by atoms with Gasteiger partial charge in [0.1, 0.15) is 0 Å². The van der Waals surface area contributed by atoms with E-state index in [1.165, 1.54) is 18.3 Å². The Morgan fingerprint density at radius 1 is 1.29 bits per heavy atom. The van der Waals surface area contributed by atoms with Gasteiger partial charge in [-0.2, -0.15) is 18.3 Å². The maximum atomic E-state index is 12.7. The fourth-order valence-electron chi connectivity index (χ4n) is 1.42. The third-order valence-electron chi connectivity index (χ3n) is 2.17. The van der Waals surface area contributed by atoms with Crippen molar-refractivity contribution in [3.05, 3.63) is 40.1 Å². The Hall–Kier alpha value is -1.34. The number of thiophene rings is 1. The van der Waals surface area contributed by atoms with E-state index >= 15 is 0 Å². The largest absolute Gasteiger partial charge is 0.333 e. The Morgan fingerprint density at radius 2 is 2.12 bits per heavy atom. The van der Waals surface area contributed by atoms with Gasteiger partial charge in [0.25, 0.3) is 0 Å². The average Bonchev–Trinajstić information content (AvgIpc) is 2.87. The molecule has 0 radical (unpaired) electrons.